The Hall–Kier alpha value is -3.01. The van der Waals surface area contributed by atoms with Crippen molar-refractivity contribution in [3.05, 3.63) is 0 Å². The molecule has 5 amide bonds. The number of carbonyl (C=O) groups is 6. The Bertz CT molecular complexity index is 1270. The number of hydrogen-bond donors (Lipinski definition) is 4. The number of β-amino-alcohol motifs (C(OH)–C–C–N with tert-alkyl or cyclic N) is 1. The van der Waals surface area contributed by atoms with Crippen LogP contribution in [0.3, 0.4) is 0 Å². The number of esters is 1. The smallest absolute Gasteiger partial charge is 0.329 e. The maximum atomic E-state index is 14.4. The summed E-state index contributed by atoms with van der Waals surface area (Å²) in [5.41, 5.74) is 5.80. The third kappa shape index (κ3) is 8.49. The number of hydrogen-bond acceptors (Lipinski definition) is 10. The molecule has 4 heterocycles. The first-order valence-corrected chi connectivity index (χ1v) is 18.0. The van der Waals surface area contributed by atoms with E-state index in [1.165, 1.54) is 16.8 Å². The summed E-state index contributed by atoms with van der Waals surface area (Å²) < 4.78 is 5.88. The zero-order valence-electron chi connectivity index (χ0n) is 29.7. The number of cyclic esters (lactones) is 1. The third-order valence-electron chi connectivity index (χ3n) is 10.1. The second-order valence-electron chi connectivity index (χ2n) is 14.7. The lowest BCUT2D eigenvalue weighted by molar-refractivity contribution is -0.175. The molecule has 276 valence electrons. The molecule has 0 aromatic rings. The number of ether oxygens (including phenoxy) is 1. The number of aliphatic hydroxyl groups excluding tert-OH is 1. The largest absolute Gasteiger partial charge is 0.450 e. The van der Waals surface area contributed by atoms with Gasteiger partial charge in [-0.05, 0) is 43.4 Å². The zero-order chi connectivity index (χ0) is 36.3. The highest BCUT2D eigenvalue weighted by atomic mass is 35.5. The molecule has 0 spiro atoms. The molecule has 0 saturated carbocycles. The summed E-state index contributed by atoms with van der Waals surface area (Å²) in [4.78, 5) is 87.7. The lowest BCUT2D eigenvalue weighted by atomic mass is 9.96. The van der Waals surface area contributed by atoms with Crippen molar-refractivity contribution in [2.24, 2.45) is 17.8 Å². The number of alkyl halides is 1. The molecule has 0 aromatic heterocycles. The van der Waals surface area contributed by atoms with E-state index in [0.717, 1.165) is 10.0 Å². The Balaban J connectivity index is 1.83. The maximum Gasteiger partial charge on any atom is 0.329 e. The van der Waals surface area contributed by atoms with Crippen LogP contribution >= 0.6 is 11.6 Å². The van der Waals surface area contributed by atoms with E-state index in [2.05, 4.69) is 16.2 Å². The quantitative estimate of drug-likeness (QED) is 0.226. The van der Waals surface area contributed by atoms with Crippen molar-refractivity contribution in [1.82, 2.24) is 36.0 Å². The standard InChI is InChI=1S/C33H54ClN7O8/c1-8-19(6)26-33(48)49-27(18(4)5)32(47)41-24(13-20(34)15-35-41)31(46)40-25(14-21(42)16-36-40)29(44)38(7)23(12-17(2)3)30(45)39-11-9-10-22(39)28(43)37-26/h17-27,35-36,42H,8-16H2,1-7H3,(H,37,43). The van der Waals surface area contributed by atoms with Crippen molar-refractivity contribution in [2.75, 3.05) is 26.7 Å². The normalized spacial score (nSPS) is 33.5. The second-order valence-corrected chi connectivity index (χ2v) is 15.3. The third-order valence-corrected chi connectivity index (χ3v) is 10.4. The summed E-state index contributed by atoms with van der Waals surface area (Å²) in [5.74, 6) is -4.52. The van der Waals surface area contributed by atoms with Gasteiger partial charge in [0, 0.05) is 33.1 Å². The van der Waals surface area contributed by atoms with Gasteiger partial charge in [0.1, 0.15) is 30.2 Å². The van der Waals surface area contributed by atoms with E-state index in [9.17, 15) is 33.9 Å². The summed E-state index contributed by atoms with van der Waals surface area (Å²) >= 11 is 6.51. The fourth-order valence-corrected chi connectivity index (χ4v) is 7.26. The van der Waals surface area contributed by atoms with Crippen LogP contribution in [0, 0.1) is 17.8 Å². The van der Waals surface area contributed by atoms with E-state index in [0.29, 0.717) is 19.3 Å². The zero-order valence-corrected chi connectivity index (χ0v) is 30.4. The van der Waals surface area contributed by atoms with Gasteiger partial charge in [-0.3, -0.25) is 34.0 Å². The Morgan fingerprint density at radius 3 is 2.14 bits per heavy atom. The Labute approximate surface area is 293 Å². The molecule has 4 rings (SSSR count). The highest BCUT2D eigenvalue weighted by molar-refractivity contribution is 6.21. The lowest BCUT2D eigenvalue weighted by Crippen LogP contribution is -2.70. The van der Waals surface area contributed by atoms with E-state index >= 15 is 0 Å². The molecule has 0 radical (unpaired) electrons. The van der Waals surface area contributed by atoms with Crippen molar-refractivity contribution in [2.45, 2.75) is 128 Å². The summed E-state index contributed by atoms with van der Waals surface area (Å²) in [7, 11) is 1.50. The number of carbonyl (C=O) groups excluding carboxylic acids is 6. The van der Waals surface area contributed by atoms with Crippen LogP contribution in [0.4, 0.5) is 0 Å². The van der Waals surface area contributed by atoms with E-state index < -0.39 is 89.2 Å². The second kappa shape index (κ2) is 16.3. The van der Waals surface area contributed by atoms with Crippen molar-refractivity contribution < 1.29 is 38.6 Å². The van der Waals surface area contributed by atoms with Gasteiger partial charge in [-0.2, -0.15) is 0 Å². The Morgan fingerprint density at radius 1 is 0.878 bits per heavy atom. The lowest BCUT2D eigenvalue weighted by Gasteiger charge is -2.45. The maximum absolute atomic E-state index is 14.4. The summed E-state index contributed by atoms with van der Waals surface area (Å²) in [6, 6.07) is -5.39. The van der Waals surface area contributed by atoms with Crippen LogP contribution in [0.1, 0.15) is 80.1 Å². The molecule has 4 aliphatic rings. The topological polar surface area (TPSA) is 181 Å². The van der Waals surface area contributed by atoms with Crippen LogP contribution < -0.4 is 16.2 Å². The minimum Gasteiger partial charge on any atom is -0.450 e. The highest BCUT2D eigenvalue weighted by Gasteiger charge is 2.49. The molecule has 49 heavy (non-hydrogen) atoms. The first-order valence-electron chi connectivity index (χ1n) is 17.6. The van der Waals surface area contributed by atoms with Crippen LogP contribution in [-0.4, -0.2) is 135 Å². The summed E-state index contributed by atoms with van der Waals surface area (Å²) in [6.45, 7) is 11.3. The molecular formula is C33H54ClN7O8. The van der Waals surface area contributed by atoms with Gasteiger partial charge in [0.05, 0.1) is 11.5 Å². The van der Waals surface area contributed by atoms with Gasteiger partial charge in [0.2, 0.25) is 17.7 Å². The Morgan fingerprint density at radius 2 is 1.51 bits per heavy atom. The predicted octanol–water partition coefficient (Wildman–Crippen LogP) is 0.142. The van der Waals surface area contributed by atoms with Crippen LogP contribution in [-0.2, 0) is 33.5 Å². The Kier molecular flexibility index (Phi) is 12.9. The number of likely N-dealkylation sites (N-methyl/N-ethyl adjacent to an activating group) is 1. The summed E-state index contributed by atoms with van der Waals surface area (Å²) in [5, 5.41) is 15.2. The van der Waals surface area contributed by atoms with Crippen molar-refractivity contribution in [3.63, 3.8) is 0 Å². The molecule has 4 saturated heterocycles. The molecule has 9 atom stereocenters. The van der Waals surface area contributed by atoms with E-state index in [4.69, 9.17) is 16.3 Å². The van der Waals surface area contributed by atoms with Crippen molar-refractivity contribution >= 4 is 47.1 Å². The molecule has 15 nitrogen and oxygen atoms in total. The van der Waals surface area contributed by atoms with Gasteiger partial charge in [0.25, 0.3) is 11.8 Å². The van der Waals surface area contributed by atoms with Gasteiger partial charge in [0.15, 0.2) is 6.10 Å². The van der Waals surface area contributed by atoms with Crippen molar-refractivity contribution in [3.8, 4) is 0 Å². The number of amides is 5. The highest BCUT2D eigenvalue weighted by Crippen LogP contribution is 2.28. The van der Waals surface area contributed by atoms with Crippen molar-refractivity contribution in [1.29, 1.82) is 0 Å². The van der Waals surface area contributed by atoms with Crippen LogP contribution in [0.25, 0.3) is 0 Å². The van der Waals surface area contributed by atoms with Gasteiger partial charge in [-0.15, -0.1) is 11.6 Å². The van der Waals surface area contributed by atoms with Crippen LogP contribution in [0.5, 0.6) is 0 Å². The van der Waals surface area contributed by atoms with E-state index in [-0.39, 0.29) is 50.7 Å². The molecule has 0 aliphatic carbocycles. The molecule has 9 unspecified atom stereocenters. The molecule has 4 aliphatic heterocycles. The first-order chi connectivity index (χ1) is 23.1. The molecule has 16 heteroatoms. The number of hydrazine groups is 2. The predicted molar refractivity (Wildman–Crippen MR) is 179 cm³/mol. The SMILES string of the molecule is CCC(C)C1NC(=O)C2CCCN2C(=O)C(CC(C)C)N(C)C(=O)C2CC(O)CNN2C(=O)C2CC(Cl)CNN2C(=O)C(C(C)C)OC1=O. The number of nitrogens with one attached hydrogen (secondary N) is 3. The number of nitrogens with zero attached hydrogens (tertiary/aromatic N) is 4. The minimum absolute atomic E-state index is 0.0169. The monoisotopic (exact) mass is 711 g/mol. The fraction of sp³-hybridized carbons (Fsp3) is 0.818. The summed E-state index contributed by atoms with van der Waals surface area (Å²) in [6.07, 6.45) is -0.672. The van der Waals surface area contributed by atoms with Crippen LogP contribution in [0.15, 0.2) is 0 Å². The van der Waals surface area contributed by atoms with E-state index in [1.807, 2.05) is 20.8 Å². The minimum atomic E-state index is -1.33. The molecule has 0 bridgehead atoms. The number of halogens is 1. The number of aliphatic hydroxyl groups is 1. The fourth-order valence-electron chi connectivity index (χ4n) is 7.03. The molecule has 4 fully saturated rings. The molecule has 4 N–H and O–H groups in total. The van der Waals surface area contributed by atoms with Crippen LogP contribution in [0.2, 0.25) is 0 Å². The van der Waals surface area contributed by atoms with Gasteiger partial charge < -0.3 is 25.0 Å². The van der Waals surface area contributed by atoms with Gasteiger partial charge in [-0.1, -0.05) is 48.0 Å². The van der Waals surface area contributed by atoms with Gasteiger partial charge in [-0.25, -0.2) is 15.6 Å². The average molecular weight is 712 g/mol. The van der Waals surface area contributed by atoms with E-state index in [1.54, 1.807) is 20.8 Å². The molecule has 0 aromatic carbocycles. The number of fused-ring (bicyclic) bond motifs is 3. The number of rotatable bonds is 5. The van der Waals surface area contributed by atoms with Gasteiger partial charge >= 0.3 is 5.97 Å². The first kappa shape index (κ1) is 38.8. The molecular weight excluding hydrogens is 658 g/mol. The average Bonchev–Trinajstić information content (AvgIpc) is 3.56.